The second-order valence-electron chi connectivity index (χ2n) is 5.53. The summed E-state index contributed by atoms with van der Waals surface area (Å²) < 4.78 is 0. The number of rotatable bonds is 6. The lowest BCUT2D eigenvalue weighted by atomic mass is 10.1. The molecule has 0 aliphatic carbocycles. The van der Waals surface area contributed by atoms with Crippen LogP contribution in [-0.2, 0) is 0 Å². The van der Waals surface area contributed by atoms with E-state index in [0.717, 1.165) is 10.6 Å². The number of anilines is 1. The van der Waals surface area contributed by atoms with Gasteiger partial charge in [-0.1, -0.05) is 13.8 Å². The highest BCUT2D eigenvalue weighted by Crippen LogP contribution is 2.23. The molecule has 0 radical (unpaired) electrons. The Morgan fingerprint density at radius 2 is 2.05 bits per heavy atom. The van der Waals surface area contributed by atoms with Crippen LogP contribution in [0.15, 0.2) is 35.8 Å². The van der Waals surface area contributed by atoms with Gasteiger partial charge < -0.3 is 15.7 Å². The summed E-state index contributed by atoms with van der Waals surface area (Å²) in [5, 5.41) is 18.0. The standard InChI is InChI=1S/C16H21N3O2S/c1-11(2)9-14(20)10-18-16(21)19-13-5-3-12(4-6-13)15-17-7-8-22-15/h3-8,11,14,20H,9-10H2,1-2H3,(H2,18,19,21). The number of aliphatic hydroxyl groups excluding tert-OH is 1. The molecule has 0 bridgehead atoms. The number of nitrogens with one attached hydrogen (secondary N) is 2. The number of carbonyl (C=O) groups excluding carboxylic acids is 1. The molecule has 0 saturated carbocycles. The lowest BCUT2D eigenvalue weighted by Crippen LogP contribution is -2.35. The third-order valence-electron chi connectivity index (χ3n) is 3.06. The van der Waals surface area contributed by atoms with Crippen molar-refractivity contribution in [2.45, 2.75) is 26.4 Å². The van der Waals surface area contributed by atoms with Crippen LogP contribution in [0.25, 0.3) is 10.6 Å². The maximum atomic E-state index is 11.8. The molecule has 0 aliphatic heterocycles. The molecule has 0 aliphatic rings. The molecule has 6 heteroatoms. The van der Waals surface area contributed by atoms with Crippen molar-refractivity contribution in [3.63, 3.8) is 0 Å². The first-order chi connectivity index (χ1) is 10.5. The largest absolute Gasteiger partial charge is 0.391 e. The van der Waals surface area contributed by atoms with Crippen molar-refractivity contribution in [1.29, 1.82) is 0 Å². The first-order valence-corrected chi connectivity index (χ1v) is 8.15. The summed E-state index contributed by atoms with van der Waals surface area (Å²) >= 11 is 1.57. The maximum absolute atomic E-state index is 11.8. The van der Waals surface area contributed by atoms with E-state index in [1.165, 1.54) is 0 Å². The summed E-state index contributed by atoms with van der Waals surface area (Å²) in [5.41, 5.74) is 1.73. The summed E-state index contributed by atoms with van der Waals surface area (Å²) in [4.78, 5) is 16.0. The van der Waals surface area contributed by atoms with Gasteiger partial charge >= 0.3 is 6.03 Å². The molecular weight excluding hydrogens is 298 g/mol. The Morgan fingerprint density at radius 3 is 2.64 bits per heavy atom. The van der Waals surface area contributed by atoms with E-state index in [1.807, 2.05) is 43.5 Å². The second-order valence-corrected chi connectivity index (χ2v) is 6.43. The third-order valence-corrected chi connectivity index (χ3v) is 3.89. The molecule has 118 valence electrons. The minimum Gasteiger partial charge on any atom is -0.391 e. The highest BCUT2D eigenvalue weighted by molar-refractivity contribution is 7.13. The van der Waals surface area contributed by atoms with Crippen molar-refractivity contribution >= 4 is 23.1 Å². The van der Waals surface area contributed by atoms with Crippen molar-refractivity contribution in [2.75, 3.05) is 11.9 Å². The van der Waals surface area contributed by atoms with Gasteiger partial charge in [-0.05, 0) is 36.6 Å². The molecular formula is C16H21N3O2S. The normalized spacial score (nSPS) is 12.2. The Hall–Kier alpha value is -1.92. The smallest absolute Gasteiger partial charge is 0.319 e. The maximum Gasteiger partial charge on any atom is 0.319 e. The second kappa shape index (κ2) is 7.91. The summed E-state index contributed by atoms with van der Waals surface area (Å²) in [6, 6.07) is 7.19. The molecule has 5 nitrogen and oxygen atoms in total. The Balaban J connectivity index is 1.82. The van der Waals surface area contributed by atoms with Crippen molar-refractivity contribution in [3.8, 4) is 10.6 Å². The Morgan fingerprint density at radius 1 is 1.32 bits per heavy atom. The van der Waals surface area contributed by atoms with Crippen molar-refractivity contribution in [1.82, 2.24) is 10.3 Å². The number of nitrogens with zero attached hydrogens (tertiary/aromatic N) is 1. The molecule has 3 N–H and O–H groups in total. The van der Waals surface area contributed by atoms with Gasteiger partial charge in [-0.2, -0.15) is 0 Å². The number of hydrogen-bond donors (Lipinski definition) is 3. The predicted molar refractivity (Wildman–Crippen MR) is 90.0 cm³/mol. The van der Waals surface area contributed by atoms with Gasteiger partial charge in [-0.25, -0.2) is 9.78 Å². The average molecular weight is 319 g/mol. The number of aliphatic hydroxyl groups is 1. The van der Waals surface area contributed by atoms with Gasteiger partial charge in [0.1, 0.15) is 5.01 Å². The first kappa shape index (κ1) is 16.5. The Kier molecular flexibility index (Phi) is 5.91. The van der Waals surface area contributed by atoms with E-state index in [-0.39, 0.29) is 12.6 Å². The van der Waals surface area contributed by atoms with Crippen LogP contribution in [0.1, 0.15) is 20.3 Å². The number of carbonyl (C=O) groups is 1. The van der Waals surface area contributed by atoms with E-state index < -0.39 is 6.10 Å². The van der Waals surface area contributed by atoms with Crippen LogP contribution >= 0.6 is 11.3 Å². The van der Waals surface area contributed by atoms with Crippen molar-refractivity contribution in [3.05, 3.63) is 35.8 Å². The lowest BCUT2D eigenvalue weighted by molar-refractivity contribution is 0.148. The van der Waals surface area contributed by atoms with Crippen LogP contribution in [0.4, 0.5) is 10.5 Å². The number of thiazole rings is 1. The summed E-state index contributed by atoms with van der Waals surface area (Å²) in [6.45, 7) is 4.32. The third kappa shape index (κ3) is 5.13. The highest BCUT2D eigenvalue weighted by Gasteiger charge is 2.09. The summed E-state index contributed by atoms with van der Waals surface area (Å²) in [6.07, 6.45) is 1.92. The van der Waals surface area contributed by atoms with Crippen molar-refractivity contribution < 1.29 is 9.90 Å². The monoisotopic (exact) mass is 319 g/mol. The average Bonchev–Trinajstić information content (AvgIpc) is 2.99. The molecule has 0 saturated heterocycles. The number of amides is 2. The minimum absolute atomic E-state index is 0.251. The van der Waals surface area contributed by atoms with Gasteiger partial charge in [0.2, 0.25) is 0 Å². The van der Waals surface area contributed by atoms with Gasteiger partial charge in [0.25, 0.3) is 0 Å². The zero-order valence-electron chi connectivity index (χ0n) is 12.7. The topological polar surface area (TPSA) is 74.2 Å². The fraction of sp³-hybridized carbons (Fsp3) is 0.375. The molecule has 1 aromatic carbocycles. The van der Waals surface area contributed by atoms with Gasteiger partial charge in [-0.15, -0.1) is 11.3 Å². The quantitative estimate of drug-likeness (QED) is 0.764. The predicted octanol–water partition coefficient (Wildman–Crippen LogP) is 3.34. The summed E-state index contributed by atoms with van der Waals surface area (Å²) in [5.74, 6) is 0.401. The fourth-order valence-corrected chi connectivity index (χ4v) is 2.72. The number of hydrogen-bond acceptors (Lipinski definition) is 4. The van der Waals surface area contributed by atoms with E-state index in [0.29, 0.717) is 18.0 Å². The van der Waals surface area contributed by atoms with E-state index >= 15 is 0 Å². The van der Waals surface area contributed by atoms with Crippen LogP contribution in [0.3, 0.4) is 0 Å². The number of benzene rings is 1. The highest BCUT2D eigenvalue weighted by atomic mass is 32.1. The van der Waals surface area contributed by atoms with E-state index in [4.69, 9.17) is 0 Å². The first-order valence-electron chi connectivity index (χ1n) is 7.27. The van der Waals surface area contributed by atoms with Gasteiger partial charge in [-0.3, -0.25) is 0 Å². The van der Waals surface area contributed by atoms with Crippen LogP contribution < -0.4 is 10.6 Å². The number of urea groups is 1. The van der Waals surface area contributed by atoms with Crippen LogP contribution in [-0.4, -0.2) is 28.8 Å². The van der Waals surface area contributed by atoms with E-state index in [9.17, 15) is 9.90 Å². The fourth-order valence-electron chi connectivity index (χ4n) is 2.08. The van der Waals surface area contributed by atoms with Crippen LogP contribution in [0.2, 0.25) is 0 Å². The van der Waals surface area contributed by atoms with Crippen molar-refractivity contribution in [2.24, 2.45) is 5.92 Å². The molecule has 1 unspecified atom stereocenters. The molecule has 2 amide bonds. The molecule has 2 aromatic rings. The summed E-state index contributed by atoms with van der Waals surface area (Å²) in [7, 11) is 0. The molecule has 0 spiro atoms. The zero-order chi connectivity index (χ0) is 15.9. The van der Waals surface area contributed by atoms with Gasteiger partial charge in [0.15, 0.2) is 0 Å². The minimum atomic E-state index is -0.516. The Bertz CT molecular complexity index is 582. The molecule has 0 fully saturated rings. The molecule has 1 atom stereocenters. The van der Waals surface area contributed by atoms with E-state index in [2.05, 4.69) is 15.6 Å². The van der Waals surface area contributed by atoms with E-state index in [1.54, 1.807) is 17.5 Å². The molecule has 22 heavy (non-hydrogen) atoms. The molecule has 2 rings (SSSR count). The van der Waals surface area contributed by atoms with Gasteiger partial charge in [0, 0.05) is 29.4 Å². The molecule has 1 aromatic heterocycles. The zero-order valence-corrected chi connectivity index (χ0v) is 13.6. The van der Waals surface area contributed by atoms with Crippen LogP contribution in [0.5, 0.6) is 0 Å². The van der Waals surface area contributed by atoms with Crippen LogP contribution in [0, 0.1) is 5.92 Å². The lowest BCUT2D eigenvalue weighted by Gasteiger charge is -2.14. The number of aromatic nitrogens is 1. The Labute approximate surface area is 134 Å². The van der Waals surface area contributed by atoms with Gasteiger partial charge in [0.05, 0.1) is 6.10 Å². The SMILES string of the molecule is CC(C)CC(O)CNC(=O)Nc1ccc(-c2nccs2)cc1. The molecule has 1 heterocycles.